The van der Waals surface area contributed by atoms with Crippen LogP contribution in [0.3, 0.4) is 0 Å². The highest BCUT2D eigenvalue weighted by molar-refractivity contribution is 5.93. The van der Waals surface area contributed by atoms with Crippen molar-refractivity contribution in [2.75, 3.05) is 30.9 Å². The first-order chi connectivity index (χ1) is 9.09. The first-order valence-electron chi connectivity index (χ1n) is 6.43. The molecule has 0 fully saturated rings. The number of anilines is 2. The summed E-state index contributed by atoms with van der Waals surface area (Å²) < 4.78 is 10.6. The van der Waals surface area contributed by atoms with Crippen molar-refractivity contribution in [1.29, 1.82) is 0 Å². The fraction of sp³-hybridized carbons (Fsp3) is 0.500. The van der Waals surface area contributed by atoms with Crippen molar-refractivity contribution >= 4 is 17.3 Å². The molecule has 0 atom stereocenters. The fourth-order valence-corrected chi connectivity index (χ4v) is 1.43. The molecule has 0 unspecified atom stereocenters. The van der Waals surface area contributed by atoms with E-state index in [-0.39, 0.29) is 12.0 Å². The molecule has 5 heteroatoms. The third kappa shape index (κ3) is 6.79. The zero-order valence-electron chi connectivity index (χ0n) is 11.5. The maximum atomic E-state index is 11.6. The van der Waals surface area contributed by atoms with Crippen LogP contribution in [0.25, 0.3) is 0 Å². The second-order valence-electron chi connectivity index (χ2n) is 4.42. The normalized spacial score (nSPS) is 10.7. The maximum Gasteiger partial charge on any atom is 0.226 e. The molecule has 1 amide bonds. The SMILES string of the molecule is CC(C)OCCOCCC(=O)Nc1ccccc1N. The van der Waals surface area contributed by atoms with Crippen LogP contribution < -0.4 is 11.1 Å². The molecule has 0 saturated heterocycles. The molecule has 0 bridgehead atoms. The number of carbonyl (C=O) groups excluding carboxylic acids is 1. The Morgan fingerprint density at radius 3 is 2.68 bits per heavy atom. The average Bonchev–Trinajstić information content (AvgIpc) is 2.36. The lowest BCUT2D eigenvalue weighted by molar-refractivity contribution is -0.117. The van der Waals surface area contributed by atoms with Crippen LogP contribution in [0.4, 0.5) is 11.4 Å². The summed E-state index contributed by atoms with van der Waals surface area (Å²) in [6.45, 7) is 5.36. The molecule has 0 heterocycles. The molecule has 1 aromatic carbocycles. The Morgan fingerprint density at radius 1 is 1.26 bits per heavy atom. The molecule has 0 radical (unpaired) electrons. The molecule has 0 aliphatic carbocycles. The lowest BCUT2D eigenvalue weighted by Gasteiger charge is -2.09. The minimum absolute atomic E-state index is 0.109. The highest BCUT2D eigenvalue weighted by atomic mass is 16.5. The molecule has 1 rings (SSSR count). The number of rotatable bonds is 8. The molecule has 5 nitrogen and oxygen atoms in total. The van der Waals surface area contributed by atoms with E-state index < -0.39 is 0 Å². The quantitative estimate of drug-likeness (QED) is 0.558. The van der Waals surface area contributed by atoms with E-state index in [0.717, 1.165) is 0 Å². The summed E-state index contributed by atoms with van der Waals surface area (Å²) in [5.74, 6) is -0.109. The Kier molecular flexibility index (Phi) is 6.92. The van der Waals surface area contributed by atoms with Gasteiger partial charge in [-0.1, -0.05) is 12.1 Å². The second kappa shape index (κ2) is 8.50. The molecule has 3 N–H and O–H groups in total. The van der Waals surface area contributed by atoms with Crippen molar-refractivity contribution in [3.05, 3.63) is 24.3 Å². The van der Waals surface area contributed by atoms with Gasteiger partial charge in [0, 0.05) is 0 Å². The van der Waals surface area contributed by atoms with Gasteiger partial charge in [0.05, 0.1) is 43.7 Å². The first-order valence-corrected chi connectivity index (χ1v) is 6.43. The molecule has 19 heavy (non-hydrogen) atoms. The topological polar surface area (TPSA) is 73.6 Å². The predicted molar refractivity (Wildman–Crippen MR) is 76.0 cm³/mol. The Balaban J connectivity index is 2.13. The monoisotopic (exact) mass is 266 g/mol. The van der Waals surface area contributed by atoms with Crippen molar-refractivity contribution in [2.45, 2.75) is 26.4 Å². The van der Waals surface area contributed by atoms with E-state index in [1.807, 2.05) is 26.0 Å². The first kappa shape index (κ1) is 15.5. The lowest BCUT2D eigenvalue weighted by atomic mass is 10.2. The van der Waals surface area contributed by atoms with Crippen molar-refractivity contribution in [3.63, 3.8) is 0 Å². The third-order valence-corrected chi connectivity index (χ3v) is 2.39. The van der Waals surface area contributed by atoms with Gasteiger partial charge in [-0.2, -0.15) is 0 Å². The number of nitrogens with one attached hydrogen (secondary N) is 1. The number of amides is 1. The van der Waals surface area contributed by atoms with Crippen molar-refractivity contribution in [2.24, 2.45) is 0 Å². The highest BCUT2D eigenvalue weighted by Crippen LogP contribution is 2.16. The summed E-state index contributed by atoms with van der Waals surface area (Å²) in [6.07, 6.45) is 0.503. The fourth-order valence-electron chi connectivity index (χ4n) is 1.43. The summed E-state index contributed by atoms with van der Waals surface area (Å²) >= 11 is 0. The summed E-state index contributed by atoms with van der Waals surface area (Å²) in [5.41, 5.74) is 6.92. The number of nitrogen functional groups attached to an aromatic ring is 1. The number of hydrogen-bond acceptors (Lipinski definition) is 4. The lowest BCUT2D eigenvalue weighted by Crippen LogP contribution is -2.16. The van der Waals surface area contributed by atoms with Crippen molar-refractivity contribution in [1.82, 2.24) is 0 Å². The van der Waals surface area contributed by atoms with Crippen LogP contribution >= 0.6 is 0 Å². The Hall–Kier alpha value is -1.59. The number of nitrogens with two attached hydrogens (primary N) is 1. The van der Waals surface area contributed by atoms with Crippen LogP contribution in [0.1, 0.15) is 20.3 Å². The van der Waals surface area contributed by atoms with Crippen LogP contribution in [0.2, 0.25) is 0 Å². The van der Waals surface area contributed by atoms with E-state index in [2.05, 4.69) is 5.32 Å². The number of para-hydroxylation sites is 2. The summed E-state index contributed by atoms with van der Waals surface area (Å²) in [4.78, 5) is 11.6. The number of benzene rings is 1. The van der Waals surface area contributed by atoms with E-state index in [1.54, 1.807) is 12.1 Å². The van der Waals surface area contributed by atoms with E-state index in [0.29, 0.717) is 37.6 Å². The molecule has 1 aromatic rings. The van der Waals surface area contributed by atoms with E-state index in [9.17, 15) is 4.79 Å². The number of ether oxygens (including phenoxy) is 2. The average molecular weight is 266 g/mol. The zero-order valence-corrected chi connectivity index (χ0v) is 11.5. The molecule has 0 spiro atoms. The highest BCUT2D eigenvalue weighted by Gasteiger charge is 2.04. The standard InChI is InChI=1S/C14H22N2O3/c1-11(2)19-10-9-18-8-7-14(17)16-13-6-4-3-5-12(13)15/h3-6,11H,7-10,15H2,1-2H3,(H,16,17). The molecule has 0 aromatic heterocycles. The van der Waals surface area contributed by atoms with Gasteiger partial charge in [-0.25, -0.2) is 0 Å². The zero-order chi connectivity index (χ0) is 14.1. The molecule has 0 saturated carbocycles. The molecule has 106 valence electrons. The van der Waals surface area contributed by atoms with Crippen LogP contribution in [0.15, 0.2) is 24.3 Å². The Morgan fingerprint density at radius 2 is 2.00 bits per heavy atom. The Labute approximate surface area is 114 Å². The van der Waals surface area contributed by atoms with Gasteiger partial charge in [-0.05, 0) is 26.0 Å². The van der Waals surface area contributed by atoms with Gasteiger partial charge in [0.2, 0.25) is 5.91 Å². The van der Waals surface area contributed by atoms with Gasteiger partial charge >= 0.3 is 0 Å². The molecular weight excluding hydrogens is 244 g/mol. The number of carbonyl (C=O) groups is 1. The van der Waals surface area contributed by atoms with Gasteiger partial charge in [0.25, 0.3) is 0 Å². The van der Waals surface area contributed by atoms with E-state index in [1.165, 1.54) is 0 Å². The van der Waals surface area contributed by atoms with E-state index >= 15 is 0 Å². The predicted octanol–water partition coefficient (Wildman–Crippen LogP) is 2.04. The van der Waals surface area contributed by atoms with Gasteiger partial charge < -0.3 is 20.5 Å². The van der Waals surface area contributed by atoms with Gasteiger partial charge in [-0.3, -0.25) is 4.79 Å². The van der Waals surface area contributed by atoms with Crippen molar-refractivity contribution in [3.8, 4) is 0 Å². The van der Waals surface area contributed by atoms with Crippen LogP contribution in [-0.2, 0) is 14.3 Å². The van der Waals surface area contributed by atoms with Gasteiger partial charge in [0.15, 0.2) is 0 Å². The summed E-state index contributed by atoms with van der Waals surface area (Å²) in [5, 5.41) is 2.74. The molecule has 0 aliphatic heterocycles. The molecule has 0 aliphatic rings. The Bertz CT molecular complexity index is 394. The minimum atomic E-state index is -0.109. The minimum Gasteiger partial charge on any atom is -0.397 e. The van der Waals surface area contributed by atoms with Crippen LogP contribution in [-0.4, -0.2) is 31.8 Å². The van der Waals surface area contributed by atoms with Crippen molar-refractivity contribution < 1.29 is 14.3 Å². The largest absolute Gasteiger partial charge is 0.397 e. The summed E-state index contributed by atoms with van der Waals surface area (Å²) in [6, 6.07) is 7.16. The van der Waals surface area contributed by atoms with Gasteiger partial charge in [-0.15, -0.1) is 0 Å². The molecular formula is C14H22N2O3. The van der Waals surface area contributed by atoms with Crippen LogP contribution in [0, 0.1) is 0 Å². The smallest absolute Gasteiger partial charge is 0.226 e. The maximum absolute atomic E-state index is 11.6. The van der Waals surface area contributed by atoms with Gasteiger partial charge in [0.1, 0.15) is 0 Å². The second-order valence-corrected chi connectivity index (χ2v) is 4.42. The van der Waals surface area contributed by atoms with E-state index in [4.69, 9.17) is 15.2 Å². The number of hydrogen-bond donors (Lipinski definition) is 2. The van der Waals surface area contributed by atoms with Crippen LogP contribution in [0.5, 0.6) is 0 Å². The summed E-state index contributed by atoms with van der Waals surface area (Å²) in [7, 11) is 0. The third-order valence-electron chi connectivity index (χ3n) is 2.39.